The molecule has 1 aliphatic rings. The molecule has 0 radical (unpaired) electrons. The van der Waals surface area contributed by atoms with Crippen LogP contribution in [0.1, 0.15) is 30.0 Å². The van der Waals surface area contributed by atoms with Gasteiger partial charge in [0, 0.05) is 13.1 Å². The van der Waals surface area contributed by atoms with Crippen LogP contribution in [0.4, 0.5) is 0 Å². The van der Waals surface area contributed by atoms with Crippen LogP contribution in [0.15, 0.2) is 48.5 Å². The van der Waals surface area contributed by atoms with Crippen LogP contribution in [0.3, 0.4) is 0 Å². The Morgan fingerprint density at radius 1 is 1.19 bits per heavy atom. The fourth-order valence-electron chi connectivity index (χ4n) is 3.40. The van der Waals surface area contributed by atoms with Gasteiger partial charge in [-0.3, -0.25) is 4.79 Å². The molecule has 2 N–H and O–H groups in total. The first-order chi connectivity index (χ1) is 12.5. The summed E-state index contributed by atoms with van der Waals surface area (Å²) >= 11 is 0. The number of nitrogens with two attached hydrogens (primary N) is 1. The lowest BCUT2D eigenvalue weighted by atomic mass is 9.90. The molecule has 4 heteroatoms. The number of benzene rings is 2. The van der Waals surface area contributed by atoms with Crippen molar-refractivity contribution in [3.63, 3.8) is 0 Å². The molecule has 138 valence electrons. The molecule has 26 heavy (non-hydrogen) atoms. The van der Waals surface area contributed by atoms with E-state index in [-0.39, 0.29) is 11.3 Å². The average molecular weight is 352 g/mol. The molecular weight excluding hydrogens is 324 g/mol. The molecule has 1 aliphatic heterocycles. The molecule has 1 fully saturated rings. The predicted octanol–water partition coefficient (Wildman–Crippen LogP) is 3.31. The minimum atomic E-state index is 0.0639. The summed E-state index contributed by atoms with van der Waals surface area (Å²) in [4.78, 5) is 14.5. The second kappa shape index (κ2) is 7.92. The lowest BCUT2D eigenvalue weighted by molar-refractivity contribution is -0.129. The maximum Gasteiger partial charge on any atom is 0.227 e. The van der Waals surface area contributed by atoms with Crippen molar-refractivity contribution < 1.29 is 9.53 Å². The number of carbonyl (C=O) groups excluding carboxylic acids is 1. The highest BCUT2D eigenvalue weighted by Gasteiger charge is 2.34. The quantitative estimate of drug-likeness (QED) is 0.868. The Balaban J connectivity index is 1.58. The van der Waals surface area contributed by atoms with Gasteiger partial charge in [0.25, 0.3) is 0 Å². The van der Waals surface area contributed by atoms with Gasteiger partial charge in [-0.1, -0.05) is 48.9 Å². The third-order valence-electron chi connectivity index (χ3n) is 5.15. The summed E-state index contributed by atoms with van der Waals surface area (Å²) in [7, 11) is 0. The van der Waals surface area contributed by atoms with Gasteiger partial charge in [-0.15, -0.1) is 0 Å². The van der Waals surface area contributed by atoms with Crippen molar-refractivity contribution in [1.29, 1.82) is 0 Å². The fraction of sp³-hybridized carbons (Fsp3) is 0.409. The van der Waals surface area contributed by atoms with Crippen molar-refractivity contribution in [2.45, 2.75) is 33.3 Å². The highest BCUT2D eigenvalue weighted by molar-refractivity contribution is 5.79. The Labute approximate surface area is 156 Å². The summed E-state index contributed by atoms with van der Waals surface area (Å²) in [6, 6.07) is 16.1. The second-order valence-electron chi connectivity index (χ2n) is 7.68. The molecule has 0 aromatic heterocycles. The Morgan fingerprint density at radius 3 is 2.69 bits per heavy atom. The van der Waals surface area contributed by atoms with Gasteiger partial charge in [0.05, 0.1) is 6.42 Å². The lowest BCUT2D eigenvalue weighted by Gasteiger charge is -2.22. The van der Waals surface area contributed by atoms with E-state index < -0.39 is 0 Å². The molecular formula is C22H28N2O2. The van der Waals surface area contributed by atoms with Crippen LogP contribution in [0.5, 0.6) is 5.75 Å². The molecule has 0 spiro atoms. The maximum absolute atomic E-state index is 12.6. The standard InChI is InChI=1S/C22H28N2O2/c1-17-5-3-7-19(11-17)14-26-20-8-4-6-18(12-20)13-21(25)24-10-9-22(2,15-23)16-24/h3-8,11-12H,9-10,13-16,23H2,1-2H3. The number of likely N-dealkylation sites (tertiary alicyclic amines) is 1. The first-order valence-corrected chi connectivity index (χ1v) is 9.23. The lowest BCUT2D eigenvalue weighted by Crippen LogP contribution is -2.35. The van der Waals surface area contributed by atoms with Gasteiger partial charge in [-0.25, -0.2) is 0 Å². The zero-order valence-corrected chi connectivity index (χ0v) is 15.7. The smallest absolute Gasteiger partial charge is 0.227 e. The Kier molecular flexibility index (Phi) is 5.62. The van der Waals surface area contributed by atoms with Crippen LogP contribution in [-0.2, 0) is 17.8 Å². The molecule has 1 saturated heterocycles. The summed E-state index contributed by atoms with van der Waals surface area (Å²) in [5, 5.41) is 0. The van der Waals surface area contributed by atoms with Crippen molar-refractivity contribution >= 4 is 5.91 Å². The number of rotatable bonds is 6. The molecule has 0 bridgehead atoms. The van der Waals surface area contributed by atoms with Crippen LogP contribution >= 0.6 is 0 Å². The van der Waals surface area contributed by atoms with Crippen molar-refractivity contribution in [2.75, 3.05) is 19.6 Å². The van der Waals surface area contributed by atoms with Crippen LogP contribution in [0.2, 0.25) is 0 Å². The summed E-state index contributed by atoms with van der Waals surface area (Å²) in [6.45, 7) is 6.94. The first-order valence-electron chi connectivity index (χ1n) is 9.23. The maximum atomic E-state index is 12.6. The Morgan fingerprint density at radius 2 is 1.96 bits per heavy atom. The fourth-order valence-corrected chi connectivity index (χ4v) is 3.40. The third-order valence-corrected chi connectivity index (χ3v) is 5.15. The van der Waals surface area contributed by atoms with E-state index in [4.69, 9.17) is 10.5 Å². The van der Waals surface area contributed by atoms with Crippen molar-refractivity contribution in [3.05, 3.63) is 65.2 Å². The molecule has 1 heterocycles. The number of hydrogen-bond donors (Lipinski definition) is 1. The van der Waals surface area contributed by atoms with Gasteiger partial charge >= 0.3 is 0 Å². The molecule has 2 aromatic rings. The monoisotopic (exact) mass is 352 g/mol. The summed E-state index contributed by atoms with van der Waals surface area (Å²) < 4.78 is 5.90. The van der Waals surface area contributed by atoms with E-state index in [2.05, 4.69) is 32.0 Å². The second-order valence-corrected chi connectivity index (χ2v) is 7.68. The van der Waals surface area contributed by atoms with E-state index in [1.165, 1.54) is 5.56 Å². The van der Waals surface area contributed by atoms with Crippen molar-refractivity contribution in [2.24, 2.45) is 11.1 Å². The number of ether oxygens (including phenoxy) is 1. The molecule has 2 aromatic carbocycles. The highest BCUT2D eigenvalue weighted by Crippen LogP contribution is 2.29. The third kappa shape index (κ3) is 4.64. The highest BCUT2D eigenvalue weighted by atomic mass is 16.5. The van der Waals surface area contributed by atoms with E-state index in [1.54, 1.807) is 0 Å². The normalized spacial score (nSPS) is 19.6. The van der Waals surface area contributed by atoms with Crippen molar-refractivity contribution in [1.82, 2.24) is 4.90 Å². The molecule has 1 unspecified atom stereocenters. The number of hydrogen-bond acceptors (Lipinski definition) is 3. The number of carbonyl (C=O) groups is 1. The number of amides is 1. The summed E-state index contributed by atoms with van der Waals surface area (Å²) in [5.41, 5.74) is 9.25. The zero-order chi connectivity index (χ0) is 18.6. The molecule has 1 amide bonds. The zero-order valence-electron chi connectivity index (χ0n) is 15.7. The average Bonchev–Trinajstić information content (AvgIpc) is 3.04. The minimum Gasteiger partial charge on any atom is -0.489 e. The number of nitrogens with zero attached hydrogens (tertiary/aromatic N) is 1. The van der Waals surface area contributed by atoms with Gasteiger partial charge in [0.15, 0.2) is 0 Å². The topological polar surface area (TPSA) is 55.6 Å². The Bertz CT molecular complexity index is 774. The van der Waals surface area contributed by atoms with Gasteiger partial charge in [-0.05, 0) is 48.6 Å². The van der Waals surface area contributed by atoms with E-state index in [1.807, 2.05) is 35.2 Å². The van der Waals surface area contributed by atoms with Gasteiger partial charge in [-0.2, -0.15) is 0 Å². The van der Waals surface area contributed by atoms with E-state index in [0.717, 1.165) is 36.4 Å². The van der Waals surface area contributed by atoms with E-state index >= 15 is 0 Å². The largest absolute Gasteiger partial charge is 0.489 e. The molecule has 1 atom stereocenters. The van der Waals surface area contributed by atoms with Crippen LogP contribution in [0.25, 0.3) is 0 Å². The molecule has 0 saturated carbocycles. The van der Waals surface area contributed by atoms with Gasteiger partial charge in [0.1, 0.15) is 12.4 Å². The van der Waals surface area contributed by atoms with Gasteiger partial charge in [0.2, 0.25) is 5.91 Å². The first kappa shape index (κ1) is 18.5. The summed E-state index contributed by atoms with van der Waals surface area (Å²) in [6.07, 6.45) is 1.39. The Hall–Kier alpha value is -2.33. The van der Waals surface area contributed by atoms with Gasteiger partial charge < -0.3 is 15.4 Å². The summed E-state index contributed by atoms with van der Waals surface area (Å²) in [5.74, 6) is 0.961. The number of aryl methyl sites for hydroxylation is 1. The van der Waals surface area contributed by atoms with Crippen molar-refractivity contribution in [3.8, 4) is 5.75 Å². The van der Waals surface area contributed by atoms with E-state index in [9.17, 15) is 4.79 Å². The molecule has 0 aliphatic carbocycles. The SMILES string of the molecule is Cc1cccc(COc2cccc(CC(=O)N3CCC(C)(CN)C3)c2)c1. The predicted molar refractivity (Wildman–Crippen MR) is 104 cm³/mol. The van der Waals surface area contributed by atoms with E-state index in [0.29, 0.717) is 19.6 Å². The minimum absolute atomic E-state index is 0.0639. The molecule has 4 nitrogen and oxygen atoms in total. The van der Waals surface area contributed by atoms with Crippen LogP contribution in [-0.4, -0.2) is 30.4 Å². The van der Waals surface area contributed by atoms with Crippen LogP contribution in [0, 0.1) is 12.3 Å². The molecule has 3 rings (SSSR count). The van der Waals surface area contributed by atoms with Crippen LogP contribution < -0.4 is 10.5 Å².